The molecule has 4 rings (SSSR count). The van der Waals surface area contributed by atoms with Gasteiger partial charge in [-0.1, -0.05) is 42.4 Å². The van der Waals surface area contributed by atoms with Crippen LogP contribution >= 0.6 is 0 Å². The summed E-state index contributed by atoms with van der Waals surface area (Å²) in [4.78, 5) is 16.9. The van der Waals surface area contributed by atoms with Gasteiger partial charge in [0.15, 0.2) is 0 Å². The van der Waals surface area contributed by atoms with Crippen LogP contribution in [0, 0.1) is 6.92 Å². The number of rotatable bonds is 6. The summed E-state index contributed by atoms with van der Waals surface area (Å²) >= 11 is 0. The fourth-order valence-electron chi connectivity index (χ4n) is 2.75. The largest absolute Gasteiger partial charge is 0.421 e. The number of aryl methyl sites for hydroxylation is 1. The molecule has 1 amide bonds. The highest BCUT2D eigenvalue weighted by molar-refractivity contribution is 5.94. The van der Waals surface area contributed by atoms with Crippen molar-refractivity contribution < 1.29 is 13.7 Å². The highest BCUT2D eigenvalue weighted by atomic mass is 16.5. The van der Waals surface area contributed by atoms with Crippen LogP contribution in [0.15, 0.2) is 63.5 Å². The van der Waals surface area contributed by atoms with Gasteiger partial charge < -0.3 is 14.3 Å². The minimum atomic E-state index is -0.187. The average molecular weight is 389 g/mol. The van der Waals surface area contributed by atoms with Crippen LogP contribution < -0.4 is 5.32 Å². The Kier molecular flexibility index (Phi) is 5.15. The summed E-state index contributed by atoms with van der Waals surface area (Å²) in [5, 5.41) is 14.7. The van der Waals surface area contributed by atoms with Gasteiger partial charge in [0.1, 0.15) is 0 Å². The van der Waals surface area contributed by atoms with Gasteiger partial charge in [-0.25, -0.2) is 0 Å². The summed E-state index contributed by atoms with van der Waals surface area (Å²) in [6.45, 7) is 4.02. The monoisotopic (exact) mass is 389 g/mol. The normalized spacial score (nSPS) is 11.9. The van der Waals surface area contributed by atoms with E-state index in [0.717, 1.165) is 11.1 Å². The van der Waals surface area contributed by atoms with Crippen LogP contribution in [0.25, 0.3) is 22.8 Å². The van der Waals surface area contributed by atoms with Crippen LogP contribution in [0.2, 0.25) is 0 Å². The molecule has 0 spiro atoms. The Hall–Kier alpha value is -3.81. The van der Waals surface area contributed by atoms with Gasteiger partial charge in [0.2, 0.25) is 23.5 Å². The van der Waals surface area contributed by atoms with Gasteiger partial charge in [-0.3, -0.25) is 4.79 Å². The second-order valence-electron chi connectivity index (χ2n) is 6.64. The molecule has 0 fully saturated rings. The first-order valence-corrected chi connectivity index (χ1v) is 9.18. The Morgan fingerprint density at radius 2 is 1.79 bits per heavy atom. The lowest BCUT2D eigenvalue weighted by Gasteiger charge is -2.09. The number of nitrogens with zero attached hydrogens (tertiary/aromatic N) is 4. The molecule has 8 heteroatoms. The van der Waals surface area contributed by atoms with E-state index in [1.165, 1.54) is 0 Å². The summed E-state index contributed by atoms with van der Waals surface area (Å²) in [7, 11) is 0. The molecule has 0 bridgehead atoms. The van der Waals surface area contributed by atoms with Crippen LogP contribution in [0.1, 0.15) is 35.0 Å². The molecule has 0 saturated heterocycles. The fourth-order valence-corrected chi connectivity index (χ4v) is 2.75. The van der Waals surface area contributed by atoms with E-state index in [1.54, 1.807) is 31.2 Å². The van der Waals surface area contributed by atoms with Gasteiger partial charge >= 0.3 is 0 Å². The highest BCUT2D eigenvalue weighted by Gasteiger charge is 2.17. The number of amides is 1. The second-order valence-corrected chi connectivity index (χ2v) is 6.64. The van der Waals surface area contributed by atoms with Crippen molar-refractivity contribution >= 4 is 5.91 Å². The third kappa shape index (κ3) is 4.21. The molecule has 1 atom stereocenters. The summed E-state index contributed by atoms with van der Waals surface area (Å²) in [6.07, 6.45) is 0. The Balaban J connectivity index is 1.36. The van der Waals surface area contributed by atoms with Crippen molar-refractivity contribution in [1.82, 2.24) is 25.7 Å². The lowest BCUT2D eigenvalue weighted by atomic mass is 10.1. The fraction of sp³-hybridized carbons (Fsp3) is 0.190. The van der Waals surface area contributed by atoms with Gasteiger partial charge in [-0.2, -0.15) is 4.98 Å². The molecule has 146 valence electrons. The molecule has 0 unspecified atom stereocenters. The molecule has 8 nitrogen and oxygen atoms in total. The first kappa shape index (κ1) is 18.5. The third-order valence-electron chi connectivity index (χ3n) is 4.38. The van der Waals surface area contributed by atoms with E-state index >= 15 is 0 Å². The molecule has 2 aromatic heterocycles. The number of hydrogen-bond acceptors (Lipinski definition) is 7. The van der Waals surface area contributed by atoms with Crippen molar-refractivity contribution in [2.45, 2.75) is 19.8 Å². The Morgan fingerprint density at radius 1 is 1.03 bits per heavy atom. The number of benzene rings is 2. The molecule has 0 aliphatic heterocycles. The minimum Gasteiger partial charge on any atom is -0.421 e. The topological polar surface area (TPSA) is 107 Å². The SMILES string of the molecule is Cc1nnc(-c2ccc(C(=O)NC[C@H](C)c3nc(-c4ccccc4)no3)cc2)o1. The van der Waals surface area contributed by atoms with E-state index in [1.807, 2.05) is 37.3 Å². The molecule has 29 heavy (non-hydrogen) atoms. The van der Waals surface area contributed by atoms with E-state index < -0.39 is 0 Å². The zero-order valence-electron chi connectivity index (χ0n) is 16.0. The summed E-state index contributed by atoms with van der Waals surface area (Å²) < 4.78 is 10.7. The molecular weight excluding hydrogens is 370 g/mol. The number of nitrogens with one attached hydrogen (secondary N) is 1. The summed E-state index contributed by atoms with van der Waals surface area (Å²) in [6, 6.07) is 16.6. The molecule has 0 aliphatic rings. The van der Waals surface area contributed by atoms with Crippen LogP contribution in [-0.2, 0) is 0 Å². The Labute approximate surface area is 167 Å². The van der Waals surface area contributed by atoms with Crippen molar-refractivity contribution in [2.75, 3.05) is 6.54 Å². The smallest absolute Gasteiger partial charge is 0.251 e. The quantitative estimate of drug-likeness (QED) is 0.536. The molecule has 1 N–H and O–H groups in total. The summed E-state index contributed by atoms with van der Waals surface area (Å²) in [5.74, 6) is 1.62. The van der Waals surface area contributed by atoms with Crippen LogP contribution in [0.4, 0.5) is 0 Å². The lowest BCUT2D eigenvalue weighted by molar-refractivity contribution is 0.0950. The van der Waals surface area contributed by atoms with Crippen molar-refractivity contribution in [3.63, 3.8) is 0 Å². The van der Waals surface area contributed by atoms with E-state index in [4.69, 9.17) is 8.94 Å². The van der Waals surface area contributed by atoms with Gasteiger partial charge in [-0.05, 0) is 24.3 Å². The third-order valence-corrected chi connectivity index (χ3v) is 4.38. The zero-order valence-corrected chi connectivity index (χ0v) is 16.0. The maximum atomic E-state index is 12.4. The maximum Gasteiger partial charge on any atom is 0.251 e. The molecule has 0 saturated carbocycles. The molecule has 2 aromatic carbocycles. The number of carbonyl (C=O) groups excluding carboxylic acids is 1. The lowest BCUT2D eigenvalue weighted by Crippen LogP contribution is -2.27. The minimum absolute atomic E-state index is 0.121. The molecule has 2 heterocycles. The van der Waals surface area contributed by atoms with Crippen LogP contribution in [0.3, 0.4) is 0 Å². The summed E-state index contributed by atoms with van der Waals surface area (Å²) in [5.41, 5.74) is 2.18. The Morgan fingerprint density at radius 3 is 2.48 bits per heavy atom. The molecule has 0 aliphatic carbocycles. The zero-order chi connectivity index (χ0) is 20.2. The standard InChI is InChI=1S/C21H19N5O3/c1-13(20-23-18(26-29-20)15-6-4-3-5-7-15)12-22-19(27)16-8-10-17(11-9-16)21-25-24-14(2)28-21/h3-11,13H,12H2,1-2H3,(H,22,27)/t13-/m0/s1. The first-order chi connectivity index (χ1) is 14.1. The van der Waals surface area contributed by atoms with Crippen molar-refractivity contribution in [3.8, 4) is 22.8 Å². The van der Waals surface area contributed by atoms with E-state index in [2.05, 4.69) is 25.7 Å². The van der Waals surface area contributed by atoms with Gasteiger partial charge in [0.05, 0.1) is 5.92 Å². The number of carbonyl (C=O) groups is 1. The van der Waals surface area contributed by atoms with Crippen molar-refractivity contribution in [1.29, 1.82) is 0 Å². The average Bonchev–Trinajstić information content (AvgIpc) is 3.42. The number of aromatic nitrogens is 4. The second kappa shape index (κ2) is 8.05. The number of hydrogen-bond donors (Lipinski definition) is 1. The van der Waals surface area contributed by atoms with Gasteiger partial charge in [0, 0.05) is 30.2 Å². The van der Waals surface area contributed by atoms with Crippen LogP contribution in [-0.4, -0.2) is 32.8 Å². The van der Waals surface area contributed by atoms with E-state index in [-0.39, 0.29) is 11.8 Å². The van der Waals surface area contributed by atoms with E-state index in [9.17, 15) is 4.79 Å². The first-order valence-electron chi connectivity index (χ1n) is 9.18. The maximum absolute atomic E-state index is 12.4. The van der Waals surface area contributed by atoms with Crippen molar-refractivity contribution in [3.05, 3.63) is 71.9 Å². The van der Waals surface area contributed by atoms with Crippen molar-refractivity contribution in [2.24, 2.45) is 0 Å². The predicted octanol–water partition coefficient (Wildman–Crippen LogP) is 3.63. The molecule has 4 aromatic rings. The predicted molar refractivity (Wildman–Crippen MR) is 105 cm³/mol. The van der Waals surface area contributed by atoms with Gasteiger partial charge in [-0.15, -0.1) is 10.2 Å². The van der Waals surface area contributed by atoms with E-state index in [0.29, 0.717) is 35.6 Å². The van der Waals surface area contributed by atoms with Crippen LogP contribution in [0.5, 0.6) is 0 Å². The van der Waals surface area contributed by atoms with Gasteiger partial charge in [0.25, 0.3) is 5.91 Å². The Bertz CT molecular complexity index is 1100. The molecular formula is C21H19N5O3. The highest BCUT2D eigenvalue weighted by Crippen LogP contribution is 2.20. The molecule has 0 radical (unpaired) electrons.